The molecule has 0 aliphatic carbocycles. The number of carbonyl (C=O) groups excluding carboxylic acids is 3. The van der Waals surface area contributed by atoms with E-state index in [2.05, 4.69) is 10.6 Å². The first-order valence-electron chi connectivity index (χ1n) is 12.7. The Morgan fingerprint density at radius 1 is 1.00 bits per heavy atom. The van der Waals surface area contributed by atoms with Crippen LogP contribution in [-0.4, -0.2) is 52.1 Å². The molecule has 3 N–H and O–H groups in total. The molecule has 3 amide bonds. The summed E-state index contributed by atoms with van der Waals surface area (Å²) in [5.41, 5.74) is 2.65. The number of carbonyl (C=O) groups is 3. The van der Waals surface area contributed by atoms with Gasteiger partial charge in [-0.3, -0.25) is 9.59 Å². The molecule has 0 aliphatic rings. The number of amides is 3. The summed E-state index contributed by atoms with van der Waals surface area (Å²) in [6, 6.07) is 10.1. The number of aryl methyl sites for hydroxylation is 1. The Kier molecular flexibility index (Phi) is 10.1. The first-order valence-corrected chi connectivity index (χ1v) is 12.7. The number of likely N-dealkylation sites (N-methyl/N-ethyl adjacent to an activating group) is 1. The lowest BCUT2D eigenvalue weighted by atomic mass is 9.94. The Morgan fingerprint density at radius 3 is 2.16 bits per heavy atom. The third-order valence-electron chi connectivity index (χ3n) is 5.92. The van der Waals surface area contributed by atoms with Crippen LogP contribution < -0.4 is 10.6 Å². The van der Waals surface area contributed by atoms with Crippen molar-refractivity contribution in [2.75, 3.05) is 6.54 Å². The van der Waals surface area contributed by atoms with E-state index in [0.717, 1.165) is 22.3 Å². The third-order valence-corrected chi connectivity index (χ3v) is 5.92. The summed E-state index contributed by atoms with van der Waals surface area (Å²) in [6.45, 7) is 14.9. The first-order chi connectivity index (χ1) is 17.2. The number of aromatic hydroxyl groups is 1. The van der Waals surface area contributed by atoms with Gasteiger partial charge in [-0.05, 0) is 89.8 Å². The molecule has 0 radical (unpaired) electrons. The van der Waals surface area contributed by atoms with Gasteiger partial charge in [0.15, 0.2) is 0 Å². The molecule has 2 atom stereocenters. The Balaban J connectivity index is 2.53. The number of phenolic OH excluding ortho intramolecular Hbond substituents is 1. The lowest BCUT2D eigenvalue weighted by Gasteiger charge is -2.35. The van der Waals surface area contributed by atoms with Gasteiger partial charge in [-0.2, -0.15) is 0 Å². The van der Waals surface area contributed by atoms with E-state index in [-0.39, 0.29) is 30.7 Å². The van der Waals surface area contributed by atoms with Gasteiger partial charge < -0.3 is 25.4 Å². The number of rotatable bonds is 9. The van der Waals surface area contributed by atoms with Crippen molar-refractivity contribution in [3.8, 4) is 5.75 Å². The molecule has 0 bridgehead atoms. The number of nitrogens with zero attached hydrogens (tertiary/aromatic N) is 1. The van der Waals surface area contributed by atoms with Crippen molar-refractivity contribution in [1.29, 1.82) is 0 Å². The predicted molar refractivity (Wildman–Crippen MR) is 144 cm³/mol. The third kappa shape index (κ3) is 8.51. The zero-order chi connectivity index (χ0) is 27.9. The van der Waals surface area contributed by atoms with E-state index in [1.807, 2.05) is 52.8 Å². The number of hydrogen-bond donors (Lipinski definition) is 3. The topological polar surface area (TPSA) is 108 Å². The van der Waals surface area contributed by atoms with Gasteiger partial charge in [0.2, 0.25) is 11.8 Å². The fraction of sp³-hybridized carbons (Fsp3) is 0.483. The average molecular weight is 512 g/mol. The molecular formula is C29H41N3O5. The molecule has 0 heterocycles. The molecular weight excluding hydrogens is 470 g/mol. The minimum atomic E-state index is -1.00. The van der Waals surface area contributed by atoms with Crippen LogP contribution in [-0.2, 0) is 20.7 Å². The molecule has 2 aromatic carbocycles. The van der Waals surface area contributed by atoms with Gasteiger partial charge in [-0.15, -0.1) is 0 Å². The second-order valence-corrected chi connectivity index (χ2v) is 10.5. The molecule has 2 aromatic rings. The molecule has 0 aliphatic heterocycles. The van der Waals surface area contributed by atoms with Gasteiger partial charge >= 0.3 is 6.09 Å². The summed E-state index contributed by atoms with van der Waals surface area (Å²) in [4.78, 5) is 41.8. The number of benzene rings is 2. The molecule has 37 heavy (non-hydrogen) atoms. The maximum absolute atomic E-state index is 14.1. The highest BCUT2D eigenvalue weighted by molar-refractivity contribution is 5.92. The minimum Gasteiger partial charge on any atom is -0.508 e. The number of hydrogen-bond acceptors (Lipinski definition) is 5. The lowest BCUT2D eigenvalue weighted by molar-refractivity contribution is -0.142. The van der Waals surface area contributed by atoms with Gasteiger partial charge in [-0.25, -0.2) is 4.79 Å². The fourth-order valence-corrected chi connectivity index (χ4v) is 4.07. The molecule has 0 fully saturated rings. The van der Waals surface area contributed by atoms with Crippen LogP contribution in [0.2, 0.25) is 0 Å². The fourth-order valence-electron chi connectivity index (χ4n) is 4.07. The van der Waals surface area contributed by atoms with Crippen LogP contribution >= 0.6 is 0 Å². The highest BCUT2D eigenvalue weighted by Crippen LogP contribution is 2.28. The number of alkyl carbamates (subject to hydrolysis) is 1. The van der Waals surface area contributed by atoms with Crippen molar-refractivity contribution in [3.63, 3.8) is 0 Å². The van der Waals surface area contributed by atoms with Crippen LogP contribution in [0.15, 0.2) is 42.5 Å². The monoisotopic (exact) mass is 511 g/mol. The molecule has 2 unspecified atom stereocenters. The van der Waals surface area contributed by atoms with Gasteiger partial charge in [0, 0.05) is 19.0 Å². The van der Waals surface area contributed by atoms with Crippen LogP contribution in [0.25, 0.3) is 0 Å². The Bertz CT molecular complexity index is 1090. The summed E-state index contributed by atoms with van der Waals surface area (Å²) in [6.07, 6.45) is -0.573. The number of phenols is 1. The maximum atomic E-state index is 14.1. The zero-order valence-electron chi connectivity index (χ0n) is 23.2. The largest absolute Gasteiger partial charge is 0.508 e. The SMILES string of the molecule is CCN(C(=O)C(Cc1ccc(O)cc1)NC(=O)OC(C)(C)C)C(C(=O)NC(C)C)c1cccc(C)c1C. The van der Waals surface area contributed by atoms with E-state index < -0.39 is 29.7 Å². The summed E-state index contributed by atoms with van der Waals surface area (Å²) in [7, 11) is 0. The van der Waals surface area contributed by atoms with Crippen LogP contribution in [0.4, 0.5) is 4.79 Å². The van der Waals surface area contributed by atoms with Crippen molar-refractivity contribution < 1.29 is 24.2 Å². The number of nitrogens with one attached hydrogen (secondary N) is 2. The van der Waals surface area contributed by atoms with Crippen molar-refractivity contribution in [2.45, 2.75) is 85.5 Å². The Labute approximate surface area is 220 Å². The van der Waals surface area contributed by atoms with Gasteiger partial charge in [0.05, 0.1) is 0 Å². The van der Waals surface area contributed by atoms with Crippen molar-refractivity contribution in [1.82, 2.24) is 15.5 Å². The molecule has 0 saturated heterocycles. The highest BCUT2D eigenvalue weighted by atomic mass is 16.6. The second kappa shape index (κ2) is 12.6. The van der Waals surface area contributed by atoms with Crippen molar-refractivity contribution >= 4 is 17.9 Å². The van der Waals surface area contributed by atoms with Crippen LogP contribution in [0.3, 0.4) is 0 Å². The van der Waals surface area contributed by atoms with E-state index >= 15 is 0 Å². The average Bonchev–Trinajstić information content (AvgIpc) is 2.78. The van der Waals surface area contributed by atoms with Crippen molar-refractivity contribution in [2.24, 2.45) is 0 Å². The Morgan fingerprint density at radius 2 is 1.62 bits per heavy atom. The predicted octanol–water partition coefficient (Wildman–Crippen LogP) is 4.56. The van der Waals surface area contributed by atoms with Gasteiger partial charge in [-0.1, -0.05) is 30.3 Å². The van der Waals surface area contributed by atoms with Crippen LogP contribution in [0, 0.1) is 13.8 Å². The zero-order valence-corrected chi connectivity index (χ0v) is 23.2. The summed E-state index contributed by atoms with van der Waals surface area (Å²) >= 11 is 0. The summed E-state index contributed by atoms with van der Waals surface area (Å²) < 4.78 is 5.43. The second-order valence-electron chi connectivity index (χ2n) is 10.5. The van der Waals surface area contributed by atoms with E-state index in [1.54, 1.807) is 32.9 Å². The Hall–Kier alpha value is -3.55. The van der Waals surface area contributed by atoms with Gasteiger partial charge in [0.1, 0.15) is 23.4 Å². The molecule has 0 spiro atoms. The summed E-state index contributed by atoms with van der Waals surface area (Å²) in [5.74, 6) is -0.604. The molecule has 0 aromatic heterocycles. The molecule has 8 nitrogen and oxygen atoms in total. The standard InChI is InChI=1S/C29H41N3O5/c1-9-32(25(26(34)30-18(2)3)23-12-10-11-19(4)20(23)5)27(35)24(31-28(36)37-29(6,7)8)17-21-13-15-22(33)16-14-21/h10-16,18,24-25,33H,9,17H2,1-8H3,(H,30,34)(H,31,36). The van der Waals surface area contributed by atoms with E-state index in [4.69, 9.17) is 4.74 Å². The molecule has 2 rings (SSSR count). The van der Waals surface area contributed by atoms with Crippen molar-refractivity contribution in [3.05, 3.63) is 64.7 Å². The highest BCUT2D eigenvalue weighted by Gasteiger charge is 2.36. The van der Waals surface area contributed by atoms with Gasteiger partial charge in [0.25, 0.3) is 0 Å². The molecule has 0 saturated carbocycles. The normalized spacial score (nSPS) is 13.0. The van der Waals surface area contributed by atoms with Crippen LogP contribution in [0.1, 0.15) is 69.8 Å². The summed E-state index contributed by atoms with van der Waals surface area (Å²) in [5, 5.41) is 15.3. The smallest absolute Gasteiger partial charge is 0.408 e. The first kappa shape index (κ1) is 29.7. The van der Waals surface area contributed by atoms with E-state index in [0.29, 0.717) is 0 Å². The maximum Gasteiger partial charge on any atom is 0.408 e. The van der Waals surface area contributed by atoms with E-state index in [1.165, 1.54) is 17.0 Å². The molecule has 202 valence electrons. The quantitative estimate of drug-likeness (QED) is 0.457. The van der Waals surface area contributed by atoms with Crippen LogP contribution in [0.5, 0.6) is 5.75 Å². The number of ether oxygens (including phenoxy) is 1. The minimum absolute atomic E-state index is 0.0993. The van der Waals surface area contributed by atoms with E-state index in [9.17, 15) is 19.5 Å². The molecule has 8 heteroatoms. The lowest BCUT2D eigenvalue weighted by Crippen LogP contribution is -2.54.